The molecule has 4 rings (SSSR count). The Labute approximate surface area is 206 Å². The Hall–Kier alpha value is -3.16. The van der Waals surface area contributed by atoms with Crippen molar-refractivity contribution in [3.05, 3.63) is 91.8 Å². The Morgan fingerprint density at radius 1 is 1.06 bits per heavy atom. The van der Waals surface area contributed by atoms with Crippen molar-refractivity contribution in [3.63, 3.8) is 0 Å². The van der Waals surface area contributed by atoms with Gasteiger partial charge in [-0.1, -0.05) is 47.5 Å². The van der Waals surface area contributed by atoms with E-state index in [1.54, 1.807) is 17.0 Å². The number of fused-ring (bicyclic) bond motifs is 1. The molecular formula is C25H23Cl2N3O4. The Kier molecular flexibility index (Phi) is 6.77. The van der Waals surface area contributed by atoms with Crippen molar-refractivity contribution in [1.82, 2.24) is 14.7 Å². The zero-order chi connectivity index (χ0) is 24.6. The predicted octanol–water partition coefficient (Wildman–Crippen LogP) is 4.71. The minimum Gasteiger partial charge on any atom is -0.420 e. The van der Waals surface area contributed by atoms with Gasteiger partial charge in [0.25, 0.3) is 5.91 Å². The molecule has 34 heavy (non-hydrogen) atoms. The van der Waals surface area contributed by atoms with Crippen LogP contribution in [0.25, 0.3) is 0 Å². The van der Waals surface area contributed by atoms with Crippen LogP contribution in [0, 0.1) is 0 Å². The first-order valence-electron chi connectivity index (χ1n) is 10.8. The Bertz CT molecular complexity index is 1280. The van der Waals surface area contributed by atoms with Gasteiger partial charge in [-0.2, -0.15) is 5.10 Å². The zero-order valence-electron chi connectivity index (χ0n) is 18.9. The van der Waals surface area contributed by atoms with Gasteiger partial charge in [-0.3, -0.25) is 19.1 Å². The number of halogens is 2. The highest BCUT2D eigenvalue weighted by atomic mass is 35.5. The molecule has 1 atom stereocenters. The van der Waals surface area contributed by atoms with E-state index >= 15 is 0 Å². The molecule has 0 bridgehead atoms. The number of carbonyl (C=O) groups excluding carboxylic acids is 2. The second kappa shape index (κ2) is 9.60. The van der Waals surface area contributed by atoms with E-state index in [-0.39, 0.29) is 23.4 Å². The summed E-state index contributed by atoms with van der Waals surface area (Å²) in [4.78, 5) is 39.5. The summed E-state index contributed by atoms with van der Waals surface area (Å²) in [6.07, 6.45) is 1.07. The second-order valence-electron chi connectivity index (χ2n) is 8.43. The number of hydrogen-bond acceptors (Lipinski definition) is 5. The van der Waals surface area contributed by atoms with Crippen molar-refractivity contribution < 1.29 is 14.3 Å². The summed E-state index contributed by atoms with van der Waals surface area (Å²) in [6.45, 7) is 5.27. The predicted molar refractivity (Wildman–Crippen MR) is 130 cm³/mol. The lowest BCUT2D eigenvalue weighted by Gasteiger charge is -2.41. The molecule has 0 saturated carbocycles. The fourth-order valence-electron chi connectivity index (χ4n) is 4.37. The smallest absolute Gasteiger partial charge is 0.308 e. The van der Waals surface area contributed by atoms with E-state index in [1.807, 2.05) is 50.2 Å². The molecule has 0 saturated heterocycles. The van der Waals surface area contributed by atoms with Crippen LogP contribution in [0.4, 0.5) is 0 Å². The van der Waals surface area contributed by atoms with E-state index in [1.165, 1.54) is 11.6 Å². The third kappa shape index (κ3) is 4.58. The maximum atomic E-state index is 13.5. The van der Waals surface area contributed by atoms with Gasteiger partial charge in [0.15, 0.2) is 5.69 Å². The summed E-state index contributed by atoms with van der Waals surface area (Å²) in [7, 11) is 0. The van der Waals surface area contributed by atoms with Crippen LogP contribution in [0.15, 0.2) is 59.5 Å². The van der Waals surface area contributed by atoms with Crippen molar-refractivity contribution >= 4 is 35.1 Å². The molecule has 2 aromatic carbocycles. The molecule has 1 aliphatic heterocycles. The molecule has 0 unspecified atom stereocenters. The van der Waals surface area contributed by atoms with Crippen LogP contribution in [-0.2, 0) is 4.79 Å². The largest absolute Gasteiger partial charge is 0.420 e. The number of amides is 1. The van der Waals surface area contributed by atoms with E-state index in [4.69, 9.17) is 27.9 Å². The minimum absolute atomic E-state index is 0.0540. The molecule has 1 aromatic heterocycles. The number of nitrogens with zero attached hydrogens (tertiary/aromatic N) is 3. The van der Waals surface area contributed by atoms with E-state index in [0.717, 1.165) is 17.3 Å². The molecule has 0 spiro atoms. The lowest BCUT2D eigenvalue weighted by Crippen LogP contribution is -2.50. The molecule has 9 heteroatoms. The normalized spacial score (nSPS) is 15.6. The lowest BCUT2D eigenvalue weighted by molar-refractivity contribution is -0.132. The first kappa shape index (κ1) is 24.0. The number of benzene rings is 2. The second-order valence-corrected chi connectivity index (χ2v) is 9.30. The van der Waals surface area contributed by atoms with Gasteiger partial charge in [0.1, 0.15) is 0 Å². The van der Waals surface area contributed by atoms with Crippen LogP contribution in [0.5, 0.6) is 5.75 Å². The van der Waals surface area contributed by atoms with Crippen LogP contribution < -0.4 is 10.2 Å². The van der Waals surface area contributed by atoms with E-state index in [0.29, 0.717) is 16.6 Å². The van der Waals surface area contributed by atoms with E-state index in [2.05, 4.69) is 5.10 Å². The maximum absolute atomic E-state index is 13.5. The van der Waals surface area contributed by atoms with Crippen LogP contribution in [-0.4, -0.2) is 39.1 Å². The van der Waals surface area contributed by atoms with Gasteiger partial charge >= 0.3 is 5.97 Å². The standard InChI is InChI=1S/C25H23Cl2N3O4/c1-14(2)29-13-20(30-23(25(29)33)24(34-15(3)31)21(32)12-28-30)22(16-6-4-8-18(26)10-16)17-7-5-9-19(27)11-17/h4-12,14,20,22H,13H2,1-3H3/t20-/m1/s1. The first-order valence-corrected chi connectivity index (χ1v) is 11.5. The molecule has 0 aliphatic carbocycles. The fraction of sp³-hybridized carbons (Fsp3) is 0.280. The zero-order valence-corrected chi connectivity index (χ0v) is 20.4. The molecule has 176 valence electrons. The number of ether oxygens (including phenoxy) is 1. The highest BCUT2D eigenvalue weighted by Gasteiger charge is 2.41. The summed E-state index contributed by atoms with van der Waals surface area (Å²) in [5, 5.41) is 5.45. The molecule has 1 aliphatic rings. The molecule has 2 heterocycles. The molecule has 1 amide bonds. The Morgan fingerprint density at radius 2 is 1.65 bits per heavy atom. The van der Waals surface area contributed by atoms with Crippen LogP contribution >= 0.6 is 23.2 Å². The van der Waals surface area contributed by atoms with Gasteiger partial charge in [-0.25, -0.2) is 0 Å². The summed E-state index contributed by atoms with van der Waals surface area (Å²) < 4.78 is 6.71. The molecule has 3 aromatic rings. The van der Waals surface area contributed by atoms with Crippen molar-refractivity contribution in [2.75, 3.05) is 6.54 Å². The topological polar surface area (TPSA) is 81.5 Å². The average molecular weight is 500 g/mol. The number of rotatable bonds is 5. The SMILES string of the molecule is CC(=O)Oc1c2n(ncc1=O)[C@@H](C(c1cccc(Cl)c1)c1cccc(Cl)c1)CN(C(C)C)C2=O. The fourth-order valence-corrected chi connectivity index (χ4v) is 4.76. The quantitative estimate of drug-likeness (QED) is 0.474. The van der Waals surface area contributed by atoms with Crippen LogP contribution in [0.1, 0.15) is 54.3 Å². The number of aromatic nitrogens is 2. The Morgan fingerprint density at radius 3 is 2.15 bits per heavy atom. The average Bonchev–Trinajstić information content (AvgIpc) is 2.77. The lowest BCUT2D eigenvalue weighted by atomic mass is 9.83. The highest BCUT2D eigenvalue weighted by molar-refractivity contribution is 6.31. The molecular weight excluding hydrogens is 477 g/mol. The minimum atomic E-state index is -0.696. The summed E-state index contributed by atoms with van der Waals surface area (Å²) in [5.41, 5.74) is 1.08. The third-order valence-corrected chi connectivity index (χ3v) is 6.27. The maximum Gasteiger partial charge on any atom is 0.308 e. The van der Waals surface area contributed by atoms with Crippen LogP contribution in [0.2, 0.25) is 10.0 Å². The monoisotopic (exact) mass is 499 g/mol. The molecule has 0 radical (unpaired) electrons. The van der Waals surface area contributed by atoms with Crippen LogP contribution in [0.3, 0.4) is 0 Å². The molecule has 0 fully saturated rings. The molecule has 7 nitrogen and oxygen atoms in total. The van der Waals surface area contributed by atoms with Gasteiger partial charge in [-0.15, -0.1) is 0 Å². The number of esters is 1. The van der Waals surface area contributed by atoms with Gasteiger partial charge in [0, 0.05) is 35.5 Å². The van der Waals surface area contributed by atoms with Crippen molar-refractivity contribution in [2.24, 2.45) is 0 Å². The summed E-state index contributed by atoms with van der Waals surface area (Å²) >= 11 is 12.7. The van der Waals surface area contributed by atoms with Gasteiger partial charge in [0.2, 0.25) is 11.2 Å². The van der Waals surface area contributed by atoms with Gasteiger partial charge in [0.05, 0.1) is 12.2 Å². The van der Waals surface area contributed by atoms with Gasteiger partial charge in [-0.05, 0) is 49.2 Å². The van der Waals surface area contributed by atoms with E-state index in [9.17, 15) is 14.4 Å². The third-order valence-electron chi connectivity index (χ3n) is 5.80. The molecule has 0 N–H and O–H groups in total. The summed E-state index contributed by atoms with van der Waals surface area (Å²) in [6, 6.07) is 14.3. The van der Waals surface area contributed by atoms with Crippen molar-refractivity contribution in [3.8, 4) is 5.75 Å². The highest BCUT2D eigenvalue weighted by Crippen LogP contribution is 2.41. The summed E-state index contributed by atoms with van der Waals surface area (Å²) in [5.74, 6) is -1.77. The number of carbonyl (C=O) groups is 2. The number of hydrogen-bond donors (Lipinski definition) is 0. The van der Waals surface area contributed by atoms with Crippen molar-refractivity contribution in [2.45, 2.75) is 38.8 Å². The van der Waals surface area contributed by atoms with Crippen molar-refractivity contribution in [1.29, 1.82) is 0 Å². The van der Waals surface area contributed by atoms with E-state index < -0.39 is 23.3 Å². The van der Waals surface area contributed by atoms with Gasteiger partial charge < -0.3 is 9.64 Å². The first-order chi connectivity index (χ1) is 16.2. The Balaban J connectivity index is 2.00.